The van der Waals surface area contributed by atoms with E-state index in [-0.39, 0.29) is 17.4 Å². The molecule has 0 unspecified atom stereocenters. The Kier molecular flexibility index (Phi) is 5.97. The van der Waals surface area contributed by atoms with Crippen LogP contribution in [0.2, 0.25) is 0 Å². The van der Waals surface area contributed by atoms with Crippen molar-refractivity contribution in [3.05, 3.63) is 11.6 Å². The third kappa shape index (κ3) is 6.16. The summed E-state index contributed by atoms with van der Waals surface area (Å²) in [5.74, 6) is -1.26. The van der Waals surface area contributed by atoms with Gasteiger partial charge in [0.25, 0.3) is 0 Å². The van der Waals surface area contributed by atoms with Crippen LogP contribution in [-0.2, 0) is 9.59 Å². The van der Waals surface area contributed by atoms with E-state index < -0.39 is 5.97 Å². The quantitative estimate of drug-likeness (QED) is 0.396. The van der Waals surface area contributed by atoms with Crippen molar-refractivity contribution in [2.45, 2.75) is 13.3 Å². The number of carboxylic acids is 1. The lowest BCUT2D eigenvalue weighted by atomic mass is 10.2. The van der Waals surface area contributed by atoms with Crippen LogP contribution in [0.3, 0.4) is 0 Å². The lowest BCUT2D eigenvalue weighted by Gasteiger charge is -1.99. The highest BCUT2D eigenvalue weighted by molar-refractivity contribution is 6.27. The molecule has 4 nitrogen and oxygen atoms in total. The van der Waals surface area contributed by atoms with Crippen molar-refractivity contribution in [3.63, 3.8) is 0 Å². The van der Waals surface area contributed by atoms with Crippen molar-refractivity contribution >= 4 is 23.5 Å². The largest absolute Gasteiger partial charge is 0.478 e. The van der Waals surface area contributed by atoms with Crippen LogP contribution in [-0.4, -0.2) is 29.4 Å². The molecule has 0 aliphatic rings. The Bertz CT molecular complexity index is 225. The molecule has 0 saturated heterocycles. The maximum absolute atomic E-state index is 10.6. The molecule has 0 aliphatic heterocycles. The maximum atomic E-state index is 10.6. The smallest absolute Gasteiger partial charge is 0.330 e. The van der Waals surface area contributed by atoms with E-state index in [0.29, 0.717) is 13.0 Å². The van der Waals surface area contributed by atoms with Gasteiger partial charge in [0.1, 0.15) is 5.88 Å². The second-order valence-corrected chi connectivity index (χ2v) is 2.73. The van der Waals surface area contributed by atoms with Crippen LogP contribution < -0.4 is 5.32 Å². The SMILES string of the molecule is CC(=CCCNC(=O)CCl)C(=O)O. The monoisotopic (exact) mass is 205 g/mol. The number of amides is 1. The molecule has 0 bridgehead atoms. The standard InChI is InChI=1S/C8H12ClNO3/c1-6(8(12)13)3-2-4-10-7(11)5-9/h3H,2,4-5H2,1H3,(H,10,11)(H,12,13). The lowest BCUT2D eigenvalue weighted by molar-refractivity contribution is -0.132. The minimum atomic E-state index is -0.941. The van der Waals surface area contributed by atoms with E-state index in [1.807, 2.05) is 0 Å². The van der Waals surface area contributed by atoms with Gasteiger partial charge in [-0.1, -0.05) is 6.08 Å². The average molecular weight is 206 g/mol. The molecule has 0 saturated carbocycles. The van der Waals surface area contributed by atoms with Gasteiger partial charge in [-0.3, -0.25) is 4.79 Å². The van der Waals surface area contributed by atoms with Gasteiger partial charge in [0.2, 0.25) is 5.91 Å². The summed E-state index contributed by atoms with van der Waals surface area (Å²) in [6.45, 7) is 1.92. The molecule has 0 rings (SSSR count). The second-order valence-electron chi connectivity index (χ2n) is 2.46. The molecular weight excluding hydrogens is 194 g/mol. The van der Waals surface area contributed by atoms with Crippen molar-refractivity contribution in [2.75, 3.05) is 12.4 Å². The Hall–Kier alpha value is -1.03. The highest BCUT2D eigenvalue weighted by Crippen LogP contribution is 1.93. The number of aliphatic carboxylic acids is 1. The van der Waals surface area contributed by atoms with Gasteiger partial charge >= 0.3 is 5.97 Å². The van der Waals surface area contributed by atoms with Crippen molar-refractivity contribution in [1.29, 1.82) is 0 Å². The lowest BCUT2D eigenvalue weighted by Crippen LogP contribution is -2.25. The van der Waals surface area contributed by atoms with E-state index in [1.54, 1.807) is 6.08 Å². The van der Waals surface area contributed by atoms with Crippen LogP contribution in [0.1, 0.15) is 13.3 Å². The fourth-order valence-electron chi connectivity index (χ4n) is 0.635. The summed E-state index contributed by atoms with van der Waals surface area (Å²) in [6.07, 6.45) is 2.05. The van der Waals surface area contributed by atoms with Crippen LogP contribution in [0.25, 0.3) is 0 Å². The van der Waals surface area contributed by atoms with Crippen molar-refractivity contribution in [1.82, 2.24) is 5.32 Å². The fraction of sp³-hybridized carbons (Fsp3) is 0.500. The average Bonchev–Trinajstić information content (AvgIpc) is 2.11. The van der Waals surface area contributed by atoms with Gasteiger partial charge < -0.3 is 10.4 Å². The van der Waals surface area contributed by atoms with Crippen LogP contribution >= 0.6 is 11.6 Å². The zero-order chi connectivity index (χ0) is 10.3. The number of hydrogen-bond acceptors (Lipinski definition) is 2. The zero-order valence-electron chi connectivity index (χ0n) is 7.34. The molecule has 0 heterocycles. The van der Waals surface area contributed by atoms with E-state index in [1.165, 1.54) is 6.92 Å². The first-order chi connectivity index (χ1) is 6.07. The second kappa shape index (κ2) is 6.48. The van der Waals surface area contributed by atoms with Gasteiger partial charge in [-0.25, -0.2) is 4.79 Å². The van der Waals surface area contributed by atoms with Gasteiger partial charge in [-0.05, 0) is 13.3 Å². The van der Waals surface area contributed by atoms with Crippen LogP contribution in [0, 0.1) is 0 Å². The highest BCUT2D eigenvalue weighted by Gasteiger charge is 1.98. The van der Waals surface area contributed by atoms with Gasteiger partial charge in [0, 0.05) is 12.1 Å². The van der Waals surface area contributed by atoms with Crippen molar-refractivity contribution in [2.24, 2.45) is 0 Å². The van der Waals surface area contributed by atoms with E-state index >= 15 is 0 Å². The van der Waals surface area contributed by atoms with Gasteiger partial charge in [0.15, 0.2) is 0 Å². The molecule has 5 heteroatoms. The molecule has 13 heavy (non-hydrogen) atoms. The number of rotatable bonds is 5. The molecule has 0 fully saturated rings. The Morgan fingerprint density at radius 2 is 2.15 bits per heavy atom. The summed E-state index contributed by atoms with van der Waals surface area (Å²) in [4.78, 5) is 20.9. The maximum Gasteiger partial charge on any atom is 0.330 e. The number of carboxylic acid groups (broad SMARTS) is 1. The van der Waals surface area contributed by atoms with Crippen LogP contribution in [0.15, 0.2) is 11.6 Å². The minimum Gasteiger partial charge on any atom is -0.478 e. The third-order valence-corrected chi connectivity index (χ3v) is 1.62. The Morgan fingerprint density at radius 1 is 1.54 bits per heavy atom. The molecule has 2 N–H and O–H groups in total. The Balaban J connectivity index is 3.61. The molecule has 0 radical (unpaired) electrons. The van der Waals surface area contributed by atoms with E-state index in [9.17, 15) is 9.59 Å². The molecule has 0 aromatic carbocycles. The van der Waals surface area contributed by atoms with Gasteiger partial charge in [-0.2, -0.15) is 0 Å². The van der Waals surface area contributed by atoms with Crippen molar-refractivity contribution in [3.8, 4) is 0 Å². The number of halogens is 1. The van der Waals surface area contributed by atoms with E-state index in [2.05, 4.69) is 5.32 Å². The Morgan fingerprint density at radius 3 is 2.62 bits per heavy atom. The summed E-state index contributed by atoms with van der Waals surface area (Å²) in [7, 11) is 0. The minimum absolute atomic E-state index is 0.0678. The number of nitrogens with one attached hydrogen (secondary N) is 1. The first-order valence-corrected chi connectivity index (χ1v) is 4.34. The van der Waals surface area contributed by atoms with Crippen LogP contribution in [0.4, 0.5) is 0 Å². The summed E-state index contributed by atoms with van der Waals surface area (Å²) in [5.41, 5.74) is 0.278. The summed E-state index contributed by atoms with van der Waals surface area (Å²) in [6, 6.07) is 0. The van der Waals surface area contributed by atoms with E-state index in [4.69, 9.17) is 16.7 Å². The number of carbonyl (C=O) groups is 2. The molecule has 0 aliphatic carbocycles. The van der Waals surface area contributed by atoms with Gasteiger partial charge in [-0.15, -0.1) is 11.6 Å². The summed E-state index contributed by atoms with van der Waals surface area (Å²) in [5, 5.41) is 11.0. The zero-order valence-corrected chi connectivity index (χ0v) is 8.10. The predicted octanol–water partition coefficient (Wildman–Crippen LogP) is 0.762. The Labute approximate surface area is 81.6 Å². The number of hydrogen-bond donors (Lipinski definition) is 2. The molecule has 0 atom stereocenters. The molecule has 0 aromatic rings. The molecule has 0 aromatic heterocycles. The van der Waals surface area contributed by atoms with Gasteiger partial charge in [0.05, 0.1) is 0 Å². The van der Waals surface area contributed by atoms with Crippen LogP contribution in [0.5, 0.6) is 0 Å². The summed E-state index contributed by atoms with van der Waals surface area (Å²) >= 11 is 5.22. The number of alkyl halides is 1. The fourth-order valence-corrected chi connectivity index (χ4v) is 0.729. The topological polar surface area (TPSA) is 66.4 Å². The molecule has 74 valence electrons. The number of carbonyl (C=O) groups excluding carboxylic acids is 1. The normalized spacial score (nSPS) is 11.1. The van der Waals surface area contributed by atoms with E-state index in [0.717, 1.165) is 0 Å². The molecular formula is C8H12ClNO3. The molecule has 0 spiro atoms. The predicted molar refractivity (Wildman–Crippen MR) is 49.7 cm³/mol. The first-order valence-electron chi connectivity index (χ1n) is 3.80. The van der Waals surface area contributed by atoms with Crippen molar-refractivity contribution < 1.29 is 14.7 Å². The third-order valence-electron chi connectivity index (χ3n) is 1.38. The highest BCUT2D eigenvalue weighted by atomic mass is 35.5. The summed E-state index contributed by atoms with van der Waals surface area (Å²) < 4.78 is 0. The first kappa shape index (κ1) is 12.0. The molecule has 1 amide bonds.